The highest BCUT2D eigenvalue weighted by molar-refractivity contribution is 6.74. The minimum Gasteiger partial charge on any atom is -0.543 e. The lowest BCUT2D eigenvalue weighted by molar-refractivity contribution is -0.158. The normalized spacial score (nSPS) is 25.8. The van der Waals surface area contributed by atoms with E-state index in [1.807, 2.05) is 133 Å². The second kappa shape index (κ2) is 37.0. The number of amides is 4. The maximum absolute atomic E-state index is 14.4. The zero-order valence-corrected chi connectivity index (χ0v) is 61.4. The minimum absolute atomic E-state index is 0.00592. The first-order valence-corrected chi connectivity index (χ1v) is 38.3. The van der Waals surface area contributed by atoms with Gasteiger partial charge in [0.15, 0.2) is 0 Å². The summed E-state index contributed by atoms with van der Waals surface area (Å²) < 4.78 is 29.6. The number of nitrogens with one attached hydrogen (secondary N) is 4. The monoisotopic (exact) mass is 1380 g/mol. The van der Waals surface area contributed by atoms with E-state index >= 15 is 0 Å². The molecule has 4 heterocycles. The Labute approximate surface area is 587 Å². The van der Waals surface area contributed by atoms with Crippen LogP contribution in [0.4, 0.5) is 0 Å². The highest BCUT2D eigenvalue weighted by Crippen LogP contribution is 2.38. The number of nitrogens with zero attached hydrogens (tertiary/aromatic N) is 2. The van der Waals surface area contributed by atoms with Gasteiger partial charge in [0.2, 0.25) is 20.1 Å². The predicted octanol–water partition coefficient (Wildman–Crippen LogP) is 12.0. The van der Waals surface area contributed by atoms with E-state index < -0.39 is 80.3 Å². The van der Waals surface area contributed by atoms with Crippen molar-refractivity contribution >= 4 is 67.6 Å². The molecule has 0 radical (unpaired) electrons. The maximum Gasteiger partial charge on any atom is 0.325 e. The number of methoxy groups -OCH3 is 2. The van der Waals surface area contributed by atoms with Crippen LogP contribution in [-0.4, -0.2) is 134 Å². The largest absolute Gasteiger partial charge is 0.543 e. The summed E-state index contributed by atoms with van der Waals surface area (Å²) in [5.41, 5.74) is 11.3. The Morgan fingerprint density at radius 1 is 0.566 bits per heavy atom. The molecule has 538 valence electrons. The zero-order chi connectivity index (χ0) is 72.1. The predicted molar refractivity (Wildman–Crippen MR) is 385 cm³/mol. The zero-order valence-electron chi connectivity index (χ0n) is 60.4. The molecular formula is C78H108N6O14Si. The number of hydrogen-bond acceptors (Lipinski definition) is 16. The molecule has 4 aromatic rings. The summed E-state index contributed by atoms with van der Waals surface area (Å²) in [6.07, 6.45) is 12.0. The number of fused-ring (bicyclic) bond motifs is 8. The fourth-order valence-electron chi connectivity index (χ4n) is 12.4. The molecule has 99 heavy (non-hydrogen) atoms. The first kappa shape index (κ1) is 78.5. The lowest BCUT2D eigenvalue weighted by atomic mass is 9.87. The van der Waals surface area contributed by atoms with Gasteiger partial charge in [-0.2, -0.15) is 0 Å². The smallest absolute Gasteiger partial charge is 0.325 e. The van der Waals surface area contributed by atoms with Gasteiger partial charge in [0.05, 0.1) is 12.2 Å². The molecule has 4 amide bonds. The van der Waals surface area contributed by atoms with E-state index in [2.05, 4.69) is 61.4 Å². The van der Waals surface area contributed by atoms with Gasteiger partial charge in [0.1, 0.15) is 59.4 Å². The molecule has 0 saturated carbocycles. The molecule has 20 nitrogen and oxygen atoms in total. The van der Waals surface area contributed by atoms with Crippen LogP contribution >= 0.6 is 0 Å². The summed E-state index contributed by atoms with van der Waals surface area (Å²) in [6, 6.07) is 26.4. The van der Waals surface area contributed by atoms with Gasteiger partial charge < -0.3 is 39.1 Å². The van der Waals surface area contributed by atoms with Crippen LogP contribution in [-0.2, 0) is 70.1 Å². The Kier molecular flexibility index (Phi) is 29.4. The number of rotatable bonds is 10. The average molecular weight is 1380 g/mol. The highest BCUT2D eigenvalue weighted by atomic mass is 28.4. The Bertz CT molecular complexity index is 3470. The molecule has 0 unspecified atom stereocenters. The Morgan fingerprint density at radius 2 is 0.990 bits per heavy atom. The lowest BCUT2D eigenvalue weighted by Gasteiger charge is -2.37. The number of benzene rings is 4. The standard InChI is InChI=1S/C42H61N3O7Si.C36H47N3O7/c1-28(2)36-27-33(46)26-34(50-7)19-11-10-15-30-16-12-18-32(23-30)29(3)51-41(49)37-21-14-22-45(44-37)40(48)38(43-39(36)47)25-31-17-13-20-35(24-31)52-53(8,9)42(4,5)6;1-23(2)31-22-29(41)21-30(45-4)15-6-5-10-25-11-7-13-27(18-25)24(3)46-36(44)32-16-9-17-39(38-32)35(43)33(37-34(31)42)20-26-12-8-14-28(40)19-26/h10,12-13,15-18,20,23-24,28-29,34,36-38,44H,11,14,19,21-22,25-27H2,1-9H3,(H,43,47);5,7-8,10-14,18-19,23-24,30-33,38,40H,6,9,15-17,20-22H2,1-4H3,(H,37,42)/b15-10+;10-5+/t29-,34-,36+,37+,38+;24-,30-,31+,32+,33+/m11/s1. The number of esters is 2. The number of allylic oxidation sites excluding steroid dienone is 2. The summed E-state index contributed by atoms with van der Waals surface area (Å²) in [6.45, 7) is 22.8. The van der Waals surface area contributed by atoms with E-state index in [9.17, 15) is 43.5 Å². The number of ether oxygens (including phenoxy) is 4. The van der Waals surface area contributed by atoms with Crippen LogP contribution < -0.4 is 25.9 Å². The van der Waals surface area contributed by atoms with Gasteiger partial charge in [-0.05, 0) is 165 Å². The van der Waals surface area contributed by atoms with Crippen LogP contribution in [0.3, 0.4) is 0 Å². The third-order valence-electron chi connectivity index (χ3n) is 19.6. The average Bonchev–Trinajstić information content (AvgIpc) is 0.834. The third kappa shape index (κ3) is 23.7. The van der Waals surface area contributed by atoms with E-state index in [-0.39, 0.29) is 96.7 Å². The number of carbonyl (C=O) groups excluding carboxylic acids is 8. The van der Waals surface area contributed by atoms with Crippen molar-refractivity contribution in [1.82, 2.24) is 31.5 Å². The first-order chi connectivity index (χ1) is 47.0. The number of Topliss-reactive ketones (excluding diaryl/α,β-unsaturated/α-hetero) is 2. The highest BCUT2D eigenvalue weighted by Gasteiger charge is 2.41. The molecule has 2 fully saturated rings. The summed E-state index contributed by atoms with van der Waals surface area (Å²) in [5.74, 6) is -3.46. The minimum atomic E-state index is -2.14. The molecule has 10 atom stereocenters. The van der Waals surface area contributed by atoms with Crippen molar-refractivity contribution in [1.29, 1.82) is 0 Å². The summed E-state index contributed by atoms with van der Waals surface area (Å²) in [7, 11) is 1.05. The molecule has 8 rings (SSSR count). The molecule has 5 N–H and O–H groups in total. The van der Waals surface area contributed by atoms with Crippen LogP contribution in [0.2, 0.25) is 18.1 Å². The second-order valence-electron chi connectivity index (χ2n) is 29.1. The molecule has 2 saturated heterocycles. The van der Waals surface area contributed by atoms with E-state index in [4.69, 9.17) is 23.4 Å². The molecule has 4 aliphatic rings. The fourth-order valence-corrected chi connectivity index (χ4v) is 13.4. The first-order valence-electron chi connectivity index (χ1n) is 35.4. The molecule has 0 aliphatic carbocycles. The van der Waals surface area contributed by atoms with Crippen LogP contribution in [0, 0.1) is 23.7 Å². The molecule has 8 bridgehead atoms. The van der Waals surface area contributed by atoms with Gasteiger partial charge in [0.25, 0.3) is 11.8 Å². The van der Waals surface area contributed by atoms with Crippen molar-refractivity contribution in [2.45, 2.75) is 219 Å². The van der Waals surface area contributed by atoms with E-state index in [0.717, 1.165) is 33.6 Å². The summed E-state index contributed by atoms with van der Waals surface area (Å²) in [4.78, 5) is 110. The number of carbonyl (C=O) groups is 8. The van der Waals surface area contributed by atoms with Crippen molar-refractivity contribution in [2.75, 3.05) is 27.3 Å². The summed E-state index contributed by atoms with van der Waals surface area (Å²) in [5, 5.41) is 18.8. The number of hydrogen-bond donors (Lipinski definition) is 5. The van der Waals surface area contributed by atoms with Crippen molar-refractivity contribution in [3.05, 3.63) is 143 Å². The molecular weight excluding hydrogens is 1270 g/mol. The van der Waals surface area contributed by atoms with Crippen LogP contribution in [0.1, 0.15) is 185 Å². The number of ketones is 2. The number of phenols is 1. The third-order valence-corrected chi connectivity index (χ3v) is 24.0. The van der Waals surface area contributed by atoms with Gasteiger partial charge in [0, 0.05) is 77.7 Å². The second-order valence-corrected chi connectivity index (χ2v) is 33.8. The molecule has 0 spiro atoms. The van der Waals surface area contributed by atoms with Gasteiger partial charge in [-0.1, -0.05) is 133 Å². The van der Waals surface area contributed by atoms with Crippen molar-refractivity contribution in [3.63, 3.8) is 0 Å². The number of aromatic hydroxyl groups is 1. The van der Waals surface area contributed by atoms with Crippen molar-refractivity contribution < 1.29 is 66.8 Å². The molecule has 4 aliphatic heterocycles. The lowest BCUT2D eigenvalue weighted by Crippen LogP contribution is -2.60. The molecule has 0 aromatic heterocycles. The van der Waals surface area contributed by atoms with E-state index in [1.54, 1.807) is 32.4 Å². The number of cyclic esters (lactones) is 2. The van der Waals surface area contributed by atoms with E-state index in [1.165, 1.54) is 16.1 Å². The number of phenolic OH excluding ortho intramolecular Hbond substituents is 1. The fraction of sp³-hybridized carbons (Fsp3) is 0.538. The van der Waals surface area contributed by atoms with Gasteiger partial charge in [-0.25, -0.2) is 10.9 Å². The van der Waals surface area contributed by atoms with Crippen LogP contribution in [0.15, 0.2) is 109 Å². The summed E-state index contributed by atoms with van der Waals surface area (Å²) >= 11 is 0. The van der Waals surface area contributed by atoms with Crippen molar-refractivity contribution in [2.24, 2.45) is 23.7 Å². The van der Waals surface area contributed by atoms with Crippen LogP contribution in [0.25, 0.3) is 12.2 Å². The van der Waals surface area contributed by atoms with Gasteiger partial charge >= 0.3 is 11.9 Å². The Morgan fingerprint density at radius 3 is 1.40 bits per heavy atom. The SMILES string of the molecule is CO[C@@H]1CC/C=C/c2cccc(c2)[C@@H](C)OC(=O)[C@@H]2CCCN(N2)C(=O)[C@H](Cc2cccc(O)c2)NC(=O)[C@H](C(C)C)CC(=O)C1.CO[C@@H]1CC/C=C/c2cccc(c2)[C@@H](C)OC(=O)[C@@H]2CCCN(N2)C(=O)[C@H](Cc2cccc(O[Si](C)(C)C(C)(C)C)c2)NC(=O)[C@H](C(C)C)CC(=O)C1. The molecule has 4 aromatic carbocycles. The van der Waals surface area contributed by atoms with E-state index in [0.29, 0.717) is 70.0 Å². The van der Waals surface area contributed by atoms with Crippen molar-refractivity contribution in [3.8, 4) is 11.5 Å². The maximum atomic E-state index is 14.4. The van der Waals surface area contributed by atoms with Gasteiger partial charge in [-0.15, -0.1) is 0 Å². The Balaban J connectivity index is 0.000000281. The number of hydrazine groups is 2. The Hall–Kier alpha value is -7.82. The topological polar surface area (TPSA) is 258 Å². The molecule has 21 heteroatoms. The van der Waals surface area contributed by atoms with Gasteiger partial charge in [-0.3, -0.25) is 48.4 Å². The van der Waals surface area contributed by atoms with Crippen LogP contribution in [0.5, 0.6) is 11.5 Å². The quantitative estimate of drug-likeness (QED) is 0.0730.